The van der Waals surface area contributed by atoms with Crippen LogP contribution in [0.4, 0.5) is 0 Å². The van der Waals surface area contributed by atoms with Crippen molar-refractivity contribution in [2.45, 2.75) is 45.6 Å². The molecular weight excluding hydrogens is 388 g/mol. The number of likely N-dealkylation sites (tertiary alicyclic amines) is 1. The minimum atomic E-state index is 0.0197. The van der Waals surface area contributed by atoms with E-state index in [4.69, 9.17) is 5.26 Å². The Morgan fingerprint density at radius 2 is 2.03 bits per heavy atom. The van der Waals surface area contributed by atoms with E-state index in [1.165, 1.54) is 4.80 Å². The summed E-state index contributed by atoms with van der Waals surface area (Å²) < 4.78 is 0. The largest absolute Gasteiger partial charge is 0.335 e. The third-order valence-corrected chi connectivity index (χ3v) is 6.01. The van der Waals surface area contributed by atoms with Crippen LogP contribution in [0.3, 0.4) is 0 Å². The van der Waals surface area contributed by atoms with Crippen LogP contribution in [0.1, 0.15) is 53.5 Å². The molecule has 1 saturated heterocycles. The summed E-state index contributed by atoms with van der Waals surface area (Å²) in [6.07, 6.45) is 6.87. The predicted octanol–water partition coefficient (Wildman–Crippen LogP) is 3.72. The van der Waals surface area contributed by atoms with Gasteiger partial charge in [-0.3, -0.25) is 4.79 Å². The van der Waals surface area contributed by atoms with Crippen molar-refractivity contribution < 1.29 is 4.79 Å². The molecule has 0 unspecified atom stereocenters. The number of carbonyl (C=O) groups excluding carboxylic acids is 1. The summed E-state index contributed by atoms with van der Waals surface area (Å²) in [6, 6.07) is 13.5. The van der Waals surface area contributed by atoms with E-state index in [1.807, 2.05) is 42.2 Å². The average Bonchev–Trinajstić information content (AvgIpc) is 3.32. The average molecular weight is 415 g/mol. The molecule has 0 bridgehead atoms. The number of carbonyl (C=O) groups is 1. The molecule has 0 saturated carbocycles. The maximum Gasteiger partial charge on any atom is 0.256 e. The SMILES string of the molecule is Cc1ccc(-n2nccn2)c(C(=O)N2CCC[C@@H](C)[C@H]2CCc2cccc(C#N)n2)c1. The number of aromatic nitrogens is 4. The van der Waals surface area contributed by atoms with Crippen molar-refractivity contribution in [1.29, 1.82) is 5.26 Å². The van der Waals surface area contributed by atoms with E-state index in [0.717, 1.165) is 43.5 Å². The fraction of sp³-hybridized carbons (Fsp3) is 0.375. The maximum absolute atomic E-state index is 13.7. The first-order valence-electron chi connectivity index (χ1n) is 10.7. The Labute approximate surface area is 182 Å². The Bertz CT molecular complexity index is 1100. The topological polar surface area (TPSA) is 87.7 Å². The highest BCUT2D eigenvalue weighted by atomic mass is 16.2. The van der Waals surface area contributed by atoms with E-state index >= 15 is 0 Å². The highest BCUT2D eigenvalue weighted by Gasteiger charge is 2.33. The monoisotopic (exact) mass is 414 g/mol. The number of piperidine rings is 1. The molecule has 3 aromatic rings. The van der Waals surface area contributed by atoms with Crippen LogP contribution in [-0.4, -0.2) is 43.4 Å². The Hall–Kier alpha value is -3.53. The molecule has 2 atom stereocenters. The number of nitriles is 1. The summed E-state index contributed by atoms with van der Waals surface area (Å²) in [5.41, 5.74) is 3.67. The molecule has 31 heavy (non-hydrogen) atoms. The lowest BCUT2D eigenvalue weighted by molar-refractivity contribution is 0.0498. The van der Waals surface area contributed by atoms with Crippen LogP contribution in [0.2, 0.25) is 0 Å². The van der Waals surface area contributed by atoms with Crippen LogP contribution in [0.15, 0.2) is 48.8 Å². The van der Waals surface area contributed by atoms with Crippen LogP contribution in [0, 0.1) is 24.2 Å². The van der Waals surface area contributed by atoms with Crippen molar-refractivity contribution in [1.82, 2.24) is 24.9 Å². The van der Waals surface area contributed by atoms with E-state index in [-0.39, 0.29) is 11.9 Å². The van der Waals surface area contributed by atoms with Gasteiger partial charge < -0.3 is 4.90 Å². The van der Waals surface area contributed by atoms with Crippen molar-refractivity contribution >= 4 is 5.91 Å². The molecule has 0 radical (unpaired) electrons. The fourth-order valence-corrected chi connectivity index (χ4v) is 4.41. The van der Waals surface area contributed by atoms with E-state index < -0.39 is 0 Å². The van der Waals surface area contributed by atoms with Gasteiger partial charge in [0.25, 0.3) is 5.91 Å². The molecule has 3 heterocycles. The first-order valence-corrected chi connectivity index (χ1v) is 10.7. The minimum absolute atomic E-state index is 0.0197. The zero-order chi connectivity index (χ0) is 21.8. The molecule has 1 aliphatic heterocycles. The smallest absolute Gasteiger partial charge is 0.256 e. The van der Waals surface area contributed by atoms with Gasteiger partial charge in [0.05, 0.1) is 23.6 Å². The van der Waals surface area contributed by atoms with Crippen molar-refractivity contribution in [3.8, 4) is 11.8 Å². The Morgan fingerprint density at radius 3 is 2.81 bits per heavy atom. The van der Waals surface area contributed by atoms with Gasteiger partial charge in [-0.05, 0) is 62.8 Å². The molecular formula is C24H26N6O. The van der Waals surface area contributed by atoms with Crippen LogP contribution in [0.5, 0.6) is 0 Å². The Morgan fingerprint density at radius 1 is 1.23 bits per heavy atom. The number of benzene rings is 1. The summed E-state index contributed by atoms with van der Waals surface area (Å²) >= 11 is 0. The lowest BCUT2D eigenvalue weighted by Gasteiger charge is -2.40. The van der Waals surface area contributed by atoms with Crippen molar-refractivity contribution in [2.75, 3.05) is 6.54 Å². The maximum atomic E-state index is 13.7. The second kappa shape index (κ2) is 9.09. The Kier molecular flexibility index (Phi) is 6.08. The molecule has 158 valence electrons. The predicted molar refractivity (Wildman–Crippen MR) is 117 cm³/mol. The normalized spacial score (nSPS) is 18.5. The van der Waals surface area contributed by atoms with Gasteiger partial charge >= 0.3 is 0 Å². The highest BCUT2D eigenvalue weighted by molar-refractivity contribution is 5.98. The zero-order valence-corrected chi connectivity index (χ0v) is 17.9. The summed E-state index contributed by atoms with van der Waals surface area (Å²) in [7, 11) is 0. The Balaban J connectivity index is 1.60. The van der Waals surface area contributed by atoms with Crippen molar-refractivity contribution in [3.63, 3.8) is 0 Å². The summed E-state index contributed by atoms with van der Waals surface area (Å²) in [5.74, 6) is 0.416. The van der Waals surface area contributed by atoms with Crippen LogP contribution in [-0.2, 0) is 6.42 Å². The standard InChI is InChI=1S/C24H26N6O/c1-17-8-10-23(30-26-12-13-27-30)21(15-17)24(31)29-14-4-5-18(2)22(29)11-9-19-6-3-7-20(16-25)28-19/h3,6-8,10,12-13,15,18,22H,4-5,9,11,14H2,1-2H3/t18-,22-/m1/s1. The quantitative estimate of drug-likeness (QED) is 0.635. The number of rotatable bonds is 5. The second-order valence-electron chi connectivity index (χ2n) is 8.19. The molecule has 7 heteroatoms. The number of pyridine rings is 1. The van der Waals surface area contributed by atoms with Crippen molar-refractivity contribution in [3.05, 3.63) is 71.3 Å². The summed E-state index contributed by atoms with van der Waals surface area (Å²) in [5, 5.41) is 17.6. The van der Waals surface area contributed by atoms with E-state index in [2.05, 4.69) is 28.2 Å². The van der Waals surface area contributed by atoms with Crippen molar-refractivity contribution in [2.24, 2.45) is 5.92 Å². The third kappa shape index (κ3) is 4.48. The van der Waals surface area contributed by atoms with E-state index in [0.29, 0.717) is 22.9 Å². The molecule has 1 amide bonds. The third-order valence-electron chi connectivity index (χ3n) is 6.01. The molecule has 7 nitrogen and oxygen atoms in total. The molecule has 2 aromatic heterocycles. The first kappa shape index (κ1) is 20.7. The zero-order valence-electron chi connectivity index (χ0n) is 17.9. The van der Waals surface area contributed by atoms with Gasteiger partial charge in [0.2, 0.25) is 0 Å². The fourth-order valence-electron chi connectivity index (χ4n) is 4.41. The van der Waals surface area contributed by atoms with Crippen LogP contribution in [0.25, 0.3) is 5.69 Å². The number of hydrogen-bond acceptors (Lipinski definition) is 5. The summed E-state index contributed by atoms with van der Waals surface area (Å²) in [4.78, 5) is 21.7. The molecule has 1 aliphatic rings. The van der Waals surface area contributed by atoms with E-state index in [1.54, 1.807) is 18.5 Å². The number of nitrogens with zero attached hydrogens (tertiary/aromatic N) is 6. The van der Waals surface area contributed by atoms with Gasteiger partial charge in [-0.25, -0.2) is 4.98 Å². The van der Waals surface area contributed by atoms with Crippen LogP contribution < -0.4 is 0 Å². The number of amides is 1. The second-order valence-corrected chi connectivity index (χ2v) is 8.19. The first-order chi connectivity index (χ1) is 15.1. The lowest BCUT2D eigenvalue weighted by Crippen LogP contribution is -2.48. The molecule has 1 aromatic carbocycles. The van der Waals surface area contributed by atoms with Gasteiger partial charge in [0, 0.05) is 18.3 Å². The molecule has 4 rings (SSSR count). The minimum Gasteiger partial charge on any atom is -0.335 e. The van der Waals surface area contributed by atoms with Crippen LogP contribution >= 0.6 is 0 Å². The van der Waals surface area contributed by atoms with Gasteiger partial charge in [0.15, 0.2) is 0 Å². The number of hydrogen-bond donors (Lipinski definition) is 0. The lowest BCUT2D eigenvalue weighted by atomic mass is 9.86. The van der Waals surface area contributed by atoms with Gasteiger partial charge in [-0.1, -0.05) is 24.6 Å². The molecule has 0 aliphatic carbocycles. The molecule has 0 spiro atoms. The molecule has 0 N–H and O–H groups in total. The number of aryl methyl sites for hydroxylation is 2. The summed E-state index contributed by atoms with van der Waals surface area (Å²) in [6.45, 7) is 4.94. The van der Waals surface area contributed by atoms with Gasteiger partial charge in [-0.15, -0.1) is 0 Å². The molecule has 1 fully saturated rings. The van der Waals surface area contributed by atoms with Gasteiger partial charge in [0.1, 0.15) is 11.8 Å². The van der Waals surface area contributed by atoms with E-state index in [9.17, 15) is 4.79 Å². The highest BCUT2D eigenvalue weighted by Crippen LogP contribution is 2.29. The van der Waals surface area contributed by atoms with Gasteiger partial charge in [-0.2, -0.15) is 20.3 Å².